The maximum absolute atomic E-state index is 13.2. The third kappa shape index (κ3) is 4.40. The Hall–Kier alpha value is -1.92. The number of piperazine rings is 1. The zero-order chi connectivity index (χ0) is 25.9. The molecule has 0 aromatic heterocycles. The third-order valence-electron chi connectivity index (χ3n) is 10.6. The number of carbonyl (C=O) groups is 1. The summed E-state index contributed by atoms with van der Waals surface area (Å²) in [7, 11) is 0. The van der Waals surface area contributed by atoms with Gasteiger partial charge in [0.15, 0.2) is 0 Å². The molecule has 2 aliphatic carbocycles. The Balaban J connectivity index is 1.04. The summed E-state index contributed by atoms with van der Waals surface area (Å²) in [4.78, 5) is 18.3. The molecule has 3 aliphatic heterocycles. The number of hydrogen-bond acceptors (Lipinski definition) is 5. The summed E-state index contributed by atoms with van der Waals surface area (Å²) >= 11 is 6.21. The van der Waals surface area contributed by atoms with E-state index in [1.807, 2.05) is 12.1 Å². The van der Waals surface area contributed by atoms with Gasteiger partial charge < -0.3 is 9.47 Å². The molecule has 7 atom stereocenters. The van der Waals surface area contributed by atoms with Crippen LogP contribution in [-0.2, 0) is 14.3 Å². The van der Waals surface area contributed by atoms with Crippen molar-refractivity contribution >= 4 is 17.6 Å². The summed E-state index contributed by atoms with van der Waals surface area (Å²) in [5.74, 6) is 0.947. The van der Waals surface area contributed by atoms with Crippen molar-refractivity contribution in [2.75, 3.05) is 39.3 Å². The number of hydrogen-bond donors (Lipinski definition) is 0. The number of fused-ring (bicyclic) bond motifs is 3. The lowest BCUT2D eigenvalue weighted by atomic mass is 9.53. The number of epoxide rings is 1. The molecule has 0 bridgehead atoms. The molecule has 3 heterocycles. The topological polar surface area (TPSA) is 45.3 Å². The van der Waals surface area contributed by atoms with Crippen LogP contribution in [0.2, 0.25) is 5.02 Å². The monoisotopic (exact) mass is 534 g/mol. The molecular formula is C32H39ClN2O3. The highest BCUT2D eigenvalue weighted by Gasteiger charge is 2.65. The Morgan fingerprint density at radius 2 is 1.71 bits per heavy atom. The second kappa shape index (κ2) is 9.62. The maximum atomic E-state index is 13.2. The average molecular weight is 535 g/mol. The van der Waals surface area contributed by atoms with E-state index in [0.29, 0.717) is 11.8 Å². The highest BCUT2D eigenvalue weighted by Crippen LogP contribution is 2.62. The van der Waals surface area contributed by atoms with E-state index >= 15 is 0 Å². The number of esters is 1. The van der Waals surface area contributed by atoms with Gasteiger partial charge in [-0.05, 0) is 66.7 Å². The summed E-state index contributed by atoms with van der Waals surface area (Å²) in [5.41, 5.74) is 2.93. The van der Waals surface area contributed by atoms with E-state index in [9.17, 15) is 4.79 Å². The second-order valence-electron chi connectivity index (χ2n) is 12.8. The molecule has 0 radical (unpaired) electrons. The Kier molecular flexibility index (Phi) is 6.35. The highest BCUT2D eigenvalue weighted by atomic mass is 35.5. The summed E-state index contributed by atoms with van der Waals surface area (Å²) in [6.45, 7) is 8.04. The highest BCUT2D eigenvalue weighted by molar-refractivity contribution is 6.30. The van der Waals surface area contributed by atoms with E-state index in [-0.39, 0.29) is 35.0 Å². The van der Waals surface area contributed by atoms with Crippen LogP contribution in [0.25, 0.3) is 0 Å². The fourth-order valence-corrected chi connectivity index (χ4v) is 8.67. The molecule has 2 aromatic rings. The van der Waals surface area contributed by atoms with Crippen molar-refractivity contribution in [2.45, 2.75) is 56.8 Å². The minimum Gasteiger partial charge on any atom is -0.462 e. The van der Waals surface area contributed by atoms with Crippen molar-refractivity contribution in [1.29, 1.82) is 0 Å². The fraction of sp³-hybridized carbons (Fsp3) is 0.594. The molecule has 38 heavy (non-hydrogen) atoms. The predicted octanol–water partition coefficient (Wildman–Crippen LogP) is 5.57. The van der Waals surface area contributed by atoms with Gasteiger partial charge in [-0.25, -0.2) is 0 Å². The van der Waals surface area contributed by atoms with E-state index in [2.05, 4.69) is 59.2 Å². The first-order valence-electron chi connectivity index (χ1n) is 14.6. The molecule has 0 unspecified atom stereocenters. The first-order valence-corrected chi connectivity index (χ1v) is 14.9. The molecule has 6 heteroatoms. The lowest BCUT2D eigenvalue weighted by Crippen LogP contribution is -2.52. The molecular weight excluding hydrogens is 496 g/mol. The van der Waals surface area contributed by atoms with Gasteiger partial charge in [0.25, 0.3) is 0 Å². The van der Waals surface area contributed by atoms with E-state index in [0.717, 1.165) is 57.2 Å². The summed E-state index contributed by atoms with van der Waals surface area (Å²) < 4.78 is 12.2. The van der Waals surface area contributed by atoms with Crippen LogP contribution < -0.4 is 0 Å². The van der Waals surface area contributed by atoms with E-state index in [1.54, 1.807) is 0 Å². The number of carbonyl (C=O) groups excluding carboxylic acids is 1. The molecule has 7 rings (SSSR count). The van der Waals surface area contributed by atoms with Gasteiger partial charge in [-0.3, -0.25) is 14.6 Å². The minimum atomic E-state index is -0.00462. The Morgan fingerprint density at radius 3 is 2.42 bits per heavy atom. The summed E-state index contributed by atoms with van der Waals surface area (Å²) in [6.07, 6.45) is 5.88. The van der Waals surface area contributed by atoms with Crippen molar-refractivity contribution in [3.05, 3.63) is 70.7 Å². The molecule has 3 saturated heterocycles. The largest absolute Gasteiger partial charge is 0.462 e. The standard InChI is InChI=1S/C32H39ClN2O3/c1-31-12-5-13-32(21-37-32)28(31)18-25-26(30(36)38-27(25)19-31)20-34-14-16-35(17-15-34)29(22-6-3-2-4-7-22)23-8-10-24(33)11-9-23/h2-4,6-11,25-29H,5,12-21H2,1H3/t25-,26+,27-,28-,29+,31-,32+/m1/s1. The predicted molar refractivity (Wildman–Crippen MR) is 148 cm³/mol. The minimum absolute atomic E-state index is 0.00462. The maximum Gasteiger partial charge on any atom is 0.310 e. The van der Waals surface area contributed by atoms with E-state index in [4.69, 9.17) is 21.1 Å². The molecule has 2 aromatic carbocycles. The lowest BCUT2D eigenvalue weighted by molar-refractivity contribution is -0.147. The molecule has 5 fully saturated rings. The van der Waals surface area contributed by atoms with Crippen molar-refractivity contribution in [2.24, 2.45) is 23.2 Å². The van der Waals surface area contributed by atoms with Gasteiger partial charge in [0.05, 0.1) is 24.2 Å². The third-order valence-corrected chi connectivity index (χ3v) is 10.9. The van der Waals surface area contributed by atoms with Gasteiger partial charge in [-0.15, -0.1) is 0 Å². The zero-order valence-electron chi connectivity index (χ0n) is 22.4. The van der Waals surface area contributed by atoms with Gasteiger partial charge in [0.2, 0.25) is 0 Å². The van der Waals surface area contributed by atoms with Crippen molar-refractivity contribution in [3.8, 4) is 0 Å². The number of rotatable bonds is 5. The molecule has 5 aliphatic rings. The first-order chi connectivity index (χ1) is 18.4. The van der Waals surface area contributed by atoms with Crippen LogP contribution in [0.1, 0.15) is 56.2 Å². The number of benzene rings is 2. The van der Waals surface area contributed by atoms with Crippen molar-refractivity contribution in [3.63, 3.8) is 0 Å². The van der Waals surface area contributed by atoms with Gasteiger partial charge in [-0.2, -0.15) is 0 Å². The number of halogens is 1. The van der Waals surface area contributed by atoms with E-state index in [1.165, 1.54) is 30.4 Å². The normalized spacial score (nSPS) is 37.9. The molecule has 202 valence electrons. The van der Waals surface area contributed by atoms with Crippen LogP contribution in [0.15, 0.2) is 54.6 Å². The molecule has 0 amide bonds. The Morgan fingerprint density at radius 1 is 1.00 bits per heavy atom. The van der Waals surface area contributed by atoms with Crippen LogP contribution in [0.5, 0.6) is 0 Å². The second-order valence-corrected chi connectivity index (χ2v) is 13.2. The van der Waals surface area contributed by atoms with Gasteiger partial charge in [0, 0.05) is 43.7 Å². The van der Waals surface area contributed by atoms with Crippen LogP contribution in [0, 0.1) is 23.2 Å². The molecule has 0 N–H and O–H groups in total. The van der Waals surface area contributed by atoms with Crippen molar-refractivity contribution in [1.82, 2.24) is 9.80 Å². The fourth-order valence-electron chi connectivity index (χ4n) is 8.54. The van der Waals surface area contributed by atoms with Gasteiger partial charge in [-0.1, -0.05) is 61.0 Å². The summed E-state index contributed by atoms with van der Waals surface area (Å²) in [6, 6.07) is 19.2. The van der Waals surface area contributed by atoms with Crippen LogP contribution >= 0.6 is 11.6 Å². The zero-order valence-corrected chi connectivity index (χ0v) is 23.1. The number of nitrogens with zero attached hydrogens (tertiary/aromatic N) is 2. The van der Waals surface area contributed by atoms with Gasteiger partial charge >= 0.3 is 5.97 Å². The SMILES string of the molecule is C[C@]12CCC[C@]3(CO3)[C@@H]1C[C@@H]1[C@H](CN3CCN([C@@H](c4ccccc4)c4ccc(Cl)cc4)CC3)C(=O)O[C@@H]1C2. The quantitative estimate of drug-likeness (QED) is 0.370. The molecule has 1 spiro atoms. The smallest absolute Gasteiger partial charge is 0.310 e. The average Bonchev–Trinajstić information content (AvgIpc) is 3.63. The van der Waals surface area contributed by atoms with Crippen LogP contribution in [0.3, 0.4) is 0 Å². The Bertz CT molecular complexity index is 1160. The van der Waals surface area contributed by atoms with Gasteiger partial charge in [0.1, 0.15) is 6.10 Å². The van der Waals surface area contributed by atoms with E-state index < -0.39 is 0 Å². The molecule has 5 nitrogen and oxygen atoms in total. The summed E-state index contributed by atoms with van der Waals surface area (Å²) in [5, 5.41) is 0.766. The van der Waals surface area contributed by atoms with Crippen LogP contribution in [0.4, 0.5) is 0 Å². The van der Waals surface area contributed by atoms with Crippen molar-refractivity contribution < 1.29 is 14.3 Å². The first kappa shape index (κ1) is 25.1. The van der Waals surface area contributed by atoms with Crippen LogP contribution in [-0.4, -0.2) is 66.8 Å². The number of ether oxygens (including phenoxy) is 2. The lowest BCUT2D eigenvalue weighted by Gasteiger charge is -2.51. The molecule has 2 saturated carbocycles. The Labute approximate surface area is 231 Å².